The van der Waals surface area contributed by atoms with Crippen molar-refractivity contribution in [3.8, 4) is 5.75 Å². The lowest BCUT2D eigenvalue weighted by molar-refractivity contribution is -0.118. The van der Waals surface area contributed by atoms with E-state index in [-0.39, 0.29) is 11.7 Å². The summed E-state index contributed by atoms with van der Waals surface area (Å²) < 4.78 is 8.80. The van der Waals surface area contributed by atoms with Crippen LogP contribution in [-0.4, -0.2) is 32.6 Å². The molecule has 1 amide bonds. The number of thioether (sulfide) groups is 1. The molecule has 1 heterocycles. The van der Waals surface area contributed by atoms with Crippen molar-refractivity contribution < 1.29 is 9.53 Å². The number of benzene rings is 3. The Balaban J connectivity index is 1.25. The highest BCUT2D eigenvalue weighted by atomic mass is 79.9. The molecule has 0 aliphatic rings. The third kappa shape index (κ3) is 8.08. The molecule has 0 unspecified atom stereocenters. The molecule has 4 rings (SSSR count). The fourth-order valence-corrected chi connectivity index (χ4v) is 4.51. The van der Waals surface area contributed by atoms with Crippen molar-refractivity contribution in [2.45, 2.75) is 18.3 Å². The molecule has 0 radical (unpaired) electrons. The van der Waals surface area contributed by atoms with E-state index in [0.717, 1.165) is 27.1 Å². The van der Waals surface area contributed by atoms with Crippen molar-refractivity contribution in [3.63, 3.8) is 0 Å². The zero-order valence-electron chi connectivity index (χ0n) is 19.9. The van der Waals surface area contributed by atoms with E-state index < -0.39 is 0 Å². The van der Waals surface area contributed by atoms with Crippen molar-refractivity contribution in [1.29, 1.82) is 0 Å². The number of para-hydroxylation sites is 1. The second-order valence-electron chi connectivity index (χ2n) is 7.86. The molecule has 0 saturated heterocycles. The number of hydrogen-bond acceptors (Lipinski definition) is 7. The number of rotatable bonds is 11. The van der Waals surface area contributed by atoms with E-state index in [2.05, 4.69) is 42.0 Å². The SMILES string of the molecule is Cn1c(CNc2ccc(Cl)cc2)nnc1SCC(=O)N/N=C\c1ccccc1OCc1cccc(Br)c1. The lowest BCUT2D eigenvalue weighted by atomic mass is 10.2. The third-order valence-corrected chi connectivity index (χ3v) is 6.91. The van der Waals surface area contributed by atoms with Crippen molar-refractivity contribution in [2.24, 2.45) is 12.1 Å². The first-order chi connectivity index (χ1) is 18.0. The molecule has 8 nitrogen and oxygen atoms in total. The Kier molecular flexibility index (Phi) is 9.58. The molecule has 0 aliphatic carbocycles. The van der Waals surface area contributed by atoms with Gasteiger partial charge < -0.3 is 14.6 Å². The lowest BCUT2D eigenvalue weighted by Crippen LogP contribution is -2.20. The second-order valence-corrected chi connectivity index (χ2v) is 10.2. The van der Waals surface area contributed by atoms with E-state index in [4.69, 9.17) is 16.3 Å². The number of anilines is 1. The van der Waals surface area contributed by atoms with Gasteiger partial charge in [0.15, 0.2) is 11.0 Å². The number of halogens is 2. The fraction of sp³-hybridized carbons (Fsp3) is 0.154. The van der Waals surface area contributed by atoms with Gasteiger partial charge in [0.1, 0.15) is 12.4 Å². The molecule has 0 aliphatic heterocycles. The van der Waals surface area contributed by atoms with E-state index in [1.54, 1.807) is 6.21 Å². The molecular weight excluding hydrogens is 576 g/mol. The Hall–Kier alpha value is -3.34. The molecule has 11 heteroatoms. The Morgan fingerprint density at radius 3 is 2.76 bits per heavy atom. The average molecular weight is 600 g/mol. The standard InChI is InChI=1S/C26H24BrClN6O2S/c1-34-24(15-29-22-11-9-21(28)10-12-22)31-33-26(34)37-17-25(35)32-30-14-19-6-2-3-8-23(19)36-16-18-5-4-7-20(27)13-18/h2-14,29H,15-17H2,1H3,(H,32,35)/b30-14-. The van der Waals surface area contributed by atoms with Gasteiger partial charge in [0.2, 0.25) is 0 Å². The Morgan fingerprint density at radius 1 is 1.14 bits per heavy atom. The van der Waals surface area contributed by atoms with E-state index in [9.17, 15) is 4.79 Å². The highest BCUT2D eigenvalue weighted by molar-refractivity contribution is 9.10. The molecule has 190 valence electrons. The molecule has 0 fully saturated rings. The Bertz CT molecular complexity index is 1380. The predicted molar refractivity (Wildman–Crippen MR) is 151 cm³/mol. The number of hydrogen-bond donors (Lipinski definition) is 2. The summed E-state index contributed by atoms with van der Waals surface area (Å²) in [6, 6.07) is 22.9. The number of nitrogens with one attached hydrogen (secondary N) is 2. The van der Waals surface area contributed by atoms with Crippen LogP contribution in [0.1, 0.15) is 17.0 Å². The van der Waals surface area contributed by atoms with E-state index >= 15 is 0 Å². The highest BCUT2D eigenvalue weighted by Gasteiger charge is 2.11. The zero-order valence-corrected chi connectivity index (χ0v) is 23.1. The number of hydrazone groups is 1. The Labute approximate surface area is 232 Å². The topological polar surface area (TPSA) is 93.4 Å². The molecular formula is C26H24BrClN6O2S. The number of carbonyl (C=O) groups is 1. The van der Waals surface area contributed by atoms with E-state index in [1.165, 1.54) is 11.8 Å². The maximum atomic E-state index is 12.3. The first-order valence-electron chi connectivity index (χ1n) is 11.3. The van der Waals surface area contributed by atoms with Crippen molar-refractivity contribution in [3.05, 3.63) is 99.2 Å². The minimum atomic E-state index is -0.252. The number of amides is 1. The molecule has 0 bridgehead atoms. The summed E-state index contributed by atoms with van der Waals surface area (Å²) in [7, 11) is 1.86. The molecule has 4 aromatic rings. The quantitative estimate of drug-likeness (QED) is 0.131. The number of ether oxygens (including phenoxy) is 1. The summed E-state index contributed by atoms with van der Waals surface area (Å²) >= 11 is 10.7. The minimum Gasteiger partial charge on any atom is -0.488 e. The first kappa shape index (κ1) is 26.7. The van der Waals surface area contributed by atoms with Gasteiger partial charge in [-0.1, -0.05) is 63.6 Å². The molecule has 0 spiro atoms. The summed E-state index contributed by atoms with van der Waals surface area (Å²) in [4.78, 5) is 12.3. The summed E-state index contributed by atoms with van der Waals surface area (Å²) in [6.07, 6.45) is 1.57. The molecule has 0 atom stereocenters. The molecule has 1 aromatic heterocycles. The van der Waals surface area contributed by atoms with Gasteiger partial charge in [-0.15, -0.1) is 10.2 Å². The van der Waals surface area contributed by atoms with Gasteiger partial charge >= 0.3 is 0 Å². The minimum absolute atomic E-state index is 0.148. The van der Waals surface area contributed by atoms with Gasteiger partial charge in [0.05, 0.1) is 18.5 Å². The van der Waals surface area contributed by atoms with E-state index in [1.807, 2.05) is 84.4 Å². The molecule has 3 aromatic carbocycles. The van der Waals surface area contributed by atoms with Crippen LogP contribution >= 0.6 is 39.3 Å². The van der Waals surface area contributed by atoms with Crippen LogP contribution < -0.4 is 15.5 Å². The highest BCUT2D eigenvalue weighted by Crippen LogP contribution is 2.20. The monoisotopic (exact) mass is 598 g/mol. The lowest BCUT2D eigenvalue weighted by Gasteiger charge is -2.09. The maximum Gasteiger partial charge on any atom is 0.250 e. The number of nitrogens with zero attached hydrogens (tertiary/aromatic N) is 4. The van der Waals surface area contributed by atoms with Gasteiger partial charge in [-0.2, -0.15) is 5.10 Å². The normalized spacial score (nSPS) is 11.0. The molecule has 37 heavy (non-hydrogen) atoms. The largest absolute Gasteiger partial charge is 0.488 e. The fourth-order valence-electron chi connectivity index (χ4n) is 3.22. The Morgan fingerprint density at radius 2 is 1.95 bits per heavy atom. The third-order valence-electron chi connectivity index (χ3n) is 5.15. The van der Waals surface area contributed by atoms with Crippen LogP contribution in [0, 0.1) is 0 Å². The van der Waals surface area contributed by atoms with E-state index in [0.29, 0.717) is 29.1 Å². The van der Waals surface area contributed by atoms with Gasteiger partial charge in [-0.05, 0) is 54.1 Å². The van der Waals surface area contributed by atoms with Crippen LogP contribution in [0.25, 0.3) is 0 Å². The number of carbonyl (C=O) groups excluding carboxylic acids is 1. The van der Waals surface area contributed by atoms with Crippen LogP contribution in [-0.2, 0) is 25.0 Å². The van der Waals surface area contributed by atoms with Crippen molar-refractivity contribution in [1.82, 2.24) is 20.2 Å². The summed E-state index contributed by atoms with van der Waals surface area (Å²) in [5.74, 6) is 1.32. The maximum absolute atomic E-state index is 12.3. The van der Waals surface area contributed by atoms with Crippen molar-refractivity contribution in [2.75, 3.05) is 11.1 Å². The smallest absolute Gasteiger partial charge is 0.250 e. The van der Waals surface area contributed by atoms with Gasteiger partial charge in [-0.3, -0.25) is 4.79 Å². The average Bonchev–Trinajstić information content (AvgIpc) is 3.25. The molecule has 2 N–H and O–H groups in total. The second kappa shape index (κ2) is 13.3. The zero-order chi connectivity index (χ0) is 26.0. The first-order valence-corrected chi connectivity index (χ1v) is 13.4. The predicted octanol–water partition coefficient (Wildman–Crippen LogP) is 5.66. The summed E-state index contributed by atoms with van der Waals surface area (Å²) in [6.45, 7) is 0.910. The summed E-state index contributed by atoms with van der Waals surface area (Å²) in [5, 5.41) is 17.1. The van der Waals surface area contributed by atoms with Crippen LogP contribution in [0.4, 0.5) is 5.69 Å². The van der Waals surface area contributed by atoms with Gasteiger partial charge in [-0.25, -0.2) is 5.43 Å². The van der Waals surface area contributed by atoms with Crippen LogP contribution in [0.15, 0.2) is 87.5 Å². The van der Waals surface area contributed by atoms with Crippen LogP contribution in [0.5, 0.6) is 5.75 Å². The van der Waals surface area contributed by atoms with Crippen LogP contribution in [0.3, 0.4) is 0 Å². The summed E-state index contributed by atoms with van der Waals surface area (Å²) in [5.41, 5.74) is 5.29. The van der Waals surface area contributed by atoms with Crippen molar-refractivity contribution >= 4 is 57.1 Å². The van der Waals surface area contributed by atoms with Gasteiger partial charge in [0.25, 0.3) is 5.91 Å². The van der Waals surface area contributed by atoms with Gasteiger partial charge in [0, 0.05) is 27.8 Å². The number of aromatic nitrogens is 3. The van der Waals surface area contributed by atoms with Crippen LogP contribution in [0.2, 0.25) is 5.02 Å². The molecule has 0 saturated carbocycles.